The van der Waals surface area contributed by atoms with Crippen LogP contribution in [-0.2, 0) is 25.8 Å². The third-order valence-corrected chi connectivity index (χ3v) is 7.26. The quantitative estimate of drug-likeness (QED) is 0.225. The molecule has 1 aromatic carbocycles. The Labute approximate surface area is 203 Å². The highest BCUT2D eigenvalue weighted by Crippen LogP contribution is 2.37. The first-order valence-electron chi connectivity index (χ1n) is 9.34. The summed E-state index contributed by atoms with van der Waals surface area (Å²) in [5.41, 5.74) is 6.16. The number of carbonyl (C=O) groups is 3. The molecule has 0 radical (unpaired) electrons. The van der Waals surface area contributed by atoms with E-state index in [0.29, 0.717) is 15.8 Å². The number of carboxylic acids is 1. The lowest BCUT2D eigenvalue weighted by molar-refractivity contribution is -0.150. The van der Waals surface area contributed by atoms with Crippen LogP contribution in [-0.4, -0.2) is 60.8 Å². The van der Waals surface area contributed by atoms with Crippen molar-refractivity contribution in [3.8, 4) is 5.75 Å². The zero-order valence-corrected chi connectivity index (χ0v) is 19.8. The number of thiazole rings is 1. The second-order valence-corrected chi connectivity index (χ2v) is 9.74. The normalized spacial score (nSPS) is 19.9. The Morgan fingerprint density at radius 3 is 2.88 bits per heavy atom. The number of anilines is 1. The standard InChI is InChI=1S/C19H16BrN5O6S2/c20-9-2-1-8(5-12(9)26)6-31-24-13(10-7-33-19(21)22-10)15(27)23-14-16(28)25-11(18(29)30)3-4-32-17(14)25/h1-3,5,7,14,17,26H,4,6H2,(H2,21,22)(H,23,27)(H,29,30)/t14?,17-/m1/s1. The fourth-order valence-electron chi connectivity index (χ4n) is 3.17. The van der Waals surface area contributed by atoms with E-state index in [1.54, 1.807) is 12.1 Å². The number of aromatic nitrogens is 1. The van der Waals surface area contributed by atoms with Gasteiger partial charge in [0.25, 0.3) is 11.8 Å². The number of nitrogen functional groups attached to an aromatic ring is 1. The van der Waals surface area contributed by atoms with Crippen LogP contribution in [0.1, 0.15) is 11.3 Å². The van der Waals surface area contributed by atoms with E-state index < -0.39 is 29.2 Å². The molecule has 14 heteroatoms. The van der Waals surface area contributed by atoms with Crippen LogP contribution in [0.2, 0.25) is 0 Å². The van der Waals surface area contributed by atoms with Crippen molar-refractivity contribution in [2.24, 2.45) is 5.16 Å². The molecule has 0 bridgehead atoms. The van der Waals surface area contributed by atoms with E-state index in [0.717, 1.165) is 16.2 Å². The number of phenols is 1. The highest BCUT2D eigenvalue weighted by molar-refractivity contribution is 9.10. The van der Waals surface area contributed by atoms with Gasteiger partial charge in [0.15, 0.2) is 10.8 Å². The highest BCUT2D eigenvalue weighted by atomic mass is 79.9. The van der Waals surface area contributed by atoms with Crippen molar-refractivity contribution in [1.82, 2.24) is 15.2 Å². The number of thioether (sulfide) groups is 1. The number of β-lactam (4-membered cyclic amide) rings is 1. The lowest BCUT2D eigenvalue weighted by Gasteiger charge is -2.48. The second kappa shape index (κ2) is 9.41. The zero-order valence-electron chi connectivity index (χ0n) is 16.6. The number of nitrogens with one attached hydrogen (secondary N) is 1. The van der Waals surface area contributed by atoms with Crippen LogP contribution in [0, 0.1) is 0 Å². The zero-order chi connectivity index (χ0) is 23.7. The number of nitrogens with two attached hydrogens (primary N) is 1. The molecule has 5 N–H and O–H groups in total. The molecule has 0 aliphatic carbocycles. The topological polar surface area (TPSA) is 167 Å². The molecule has 1 unspecified atom stereocenters. The molecule has 11 nitrogen and oxygen atoms in total. The number of benzene rings is 1. The summed E-state index contributed by atoms with van der Waals surface area (Å²) in [6.45, 7) is -0.0430. The Morgan fingerprint density at radius 1 is 1.42 bits per heavy atom. The van der Waals surface area contributed by atoms with Crippen LogP contribution in [0.4, 0.5) is 5.13 Å². The van der Waals surface area contributed by atoms with Gasteiger partial charge in [-0.2, -0.15) is 0 Å². The predicted molar refractivity (Wildman–Crippen MR) is 124 cm³/mol. The van der Waals surface area contributed by atoms with Gasteiger partial charge in [-0.1, -0.05) is 11.2 Å². The van der Waals surface area contributed by atoms with Gasteiger partial charge < -0.3 is 26.1 Å². The molecule has 2 atom stereocenters. The lowest BCUT2D eigenvalue weighted by atomic mass is 10.0. The summed E-state index contributed by atoms with van der Waals surface area (Å²) in [7, 11) is 0. The largest absolute Gasteiger partial charge is 0.507 e. The number of rotatable bonds is 7. The Hall–Kier alpha value is -3.10. The van der Waals surface area contributed by atoms with Crippen LogP contribution >= 0.6 is 39.0 Å². The molecule has 172 valence electrons. The molecule has 3 heterocycles. The molecule has 1 saturated heterocycles. The van der Waals surface area contributed by atoms with Crippen LogP contribution in [0.5, 0.6) is 5.75 Å². The van der Waals surface area contributed by atoms with Gasteiger partial charge in [0.2, 0.25) is 0 Å². The van der Waals surface area contributed by atoms with E-state index >= 15 is 0 Å². The van der Waals surface area contributed by atoms with E-state index in [1.807, 2.05) is 0 Å². The number of carbonyl (C=O) groups excluding carboxylic acids is 2. The fourth-order valence-corrected chi connectivity index (χ4v) is 5.16. The Balaban J connectivity index is 1.49. The number of nitrogens with zero attached hydrogens (tertiary/aromatic N) is 3. The number of hydrogen-bond acceptors (Lipinski definition) is 10. The van der Waals surface area contributed by atoms with Crippen molar-refractivity contribution in [2.45, 2.75) is 18.0 Å². The van der Waals surface area contributed by atoms with Gasteiger partial charge in [-0.05, 0) is 39.7 Å². The van der Waals surface area contributed by atoms with Crippen molar-refractivity contribution < 1.29 is 29.4 Å². The van der Waals surface area contributed by atoms with E-state index in [4.69, 9.17) is 10.6 Å². The van der Waals surface area contributed by atoms with Gasteiger partial charge in [0, 0.05) is 11.1 Å². The Bertz CT molecular complexity index is 1200. The van der Waals surface area contributed by atoms with Crippen LogP contribution in [0.25, 0.3) is 0 Å². The van der Waals surface area contributed by atoms with Gasteiger partial charge in [-0.25, -0.2) is 9.78 Å². The molecule has 4 rings (SSSR count). The van der Waals surface area contributed by atoms with Gasteiger partial charge in [-0.15, -0.1) is 23.1 Å². The molecule has 0 saturated carbocycles. The number of halogens is 1. The molecule has 2 aliphatic rings. The van der Waals surface area contributed by atoms with E-state index in [9.17, 15) is 24.6 Å². The summed E-state index contributed by atoms with van der Waals surface area (Å²) in [5, 5.41) is 26.8. The minimum Gasteiger partial charge on any atom is -0.507 e. The summed E-state index contributed by atoms with van der Waals surface area (Å²) < 4.78 is 0.522. The molecular formula is C19H16BrN5O6S2. The minimum atomic E-state index is -1.20. The molecular weight excluding hydrogens is 538 g/mol. The third kappa shape index (κ3) is 4.67. The van der Waals surface area contributed by atoms with Crippen LogP contribution in [0.15, 0.2) is 45.0 Å². The monoisotopic (exact) mass is 553 g/mol. The van der Waals surface area contributed by atoms with Crippen molar-refractivity contribution >= 4 is 67.7 Å². The first-order chi connectivity index (χ1) is 15.8. The molecule has 1 aromatic heterocycles. The first kappa shape index (κ1) is 23.1. The van der Waals surface area contributed by atoms with E-state index in [1.165, 1.54) is 29.3 Å². The van der Waals surface area contributed by atoms with Crippen LogP contribution < -0.4 is 11.1 Å². The summed E-state index contributed by atoms with van der Waals surface area (Å²) in [6, 6.07) is 3.91. The number of oxime groups is 1. The van der Waals surface area contributed by atoms with Gasteiger partial charge in [0.05, 0.1) is 4.47 Å². The number of aliphatic carboxylic acids is 1. The molecule has 2 aromatic rings. The second-order valence-electron chi connectivity index (χ2n) is 6.85. The number of phenolic OH excluding ortho intramolecular Hbond substituents is 1. The number of fused-ring (bicyclic) bond motifs is 1. The fraction of sp³-hybridized carbons (Fsp3) is 0.211. The Morgan fingerprint density at radius 2 is 2.21 bits per heavy atom. The van der Waals surface area contributed by atoms with Crippen molar-refractivity contribution in [3.05, 3.63) is 51.1 Å². The molecule has 2 amide bonds. The average molecular weight is 554 g/mol. The highest BCUT2D eigenvalue weighted by Gasteiger charge is 2.53. The van der Waals surface area contributed by atoms with Gasteiger partial charge in [0.1, 0.15) is 35.2 Å². The van der Waals surface area contributed by atoms with Crippen molar-refractivity contribution in [2.75, 3.05) is 11.5 Å². The number of carboxylic acid groups (broad SMARTS) is 1. The number of aromatic hydroxyl groups is 1. The number of amides is 2. The maximum atomic E-state index is 13.0. The third-order valence-electron chi connectivity index (χ3n) is 4.73. The SMILES string of the molecule is Nc1nc(C(=NOCc2ccc(Br)c(O)c2)C(=O)NC2C(=O)N3C(C(=O)O)=CCS[C@H]23)cs1. The summed E-state index contributed by atoms with van der Waals surface area (Å²) in [4.78, 5) is 47.4. The van der Waals surface area contributed by atoms with E-state index in [2.05, 4.69) is 31.4 Å². The average Bonchev–Trinajstić information content (AvgIpc) is 3.22. The van der Waals surface area contributed by atoms with Gasteiger partial charge in [-0.3, -0.25) is 14.5 Å². The van der Waals surface area contributed by atoms with Crippen molar-refractivity contribution in [3.63, 3.8) is 0 Å². The minimum absolute atomic E-state index is 0.0260. The first-order valence-corrected chi connectivity index (χ1v) is 12.1. The van der Waals surface area contributed by atoms with Crippen LogP contribution in [0.3, 0.4) is 0 Å². The Kier molecular flexibility index (Phi) is 6.58. The molecule has 2 aliphatic heterocycles. The summed E-state index contributed by atoms with van der Waals surface area (Å²) >= 11 is 5.63. The van der Waals surface area contributed by atoms with Crippen molar-refractivity contribution in [1.29, 1.82) is 0 Å². The summed E-state index contributed by atoms with van der Waals surface area (Å²) in [6.07, 6.45) is 1.46. The molecule has 0 spiro atoms. The van der Waals surface area contributed by atoms with E-state index in [-0.39, 0.29) is 34.6 Å². The maximum absolute atomic E-state index is 13.0. The predicted octanol–water partition coefficient (Wildman–Crippen LogP) is 1.48. The lowest BCUT2D eigenvalue weighted by Crippen LogP contribution is -2.70. The summed E-state index contributed by atoms with van der Waals surface area (Å²) in [5.74, 6) is -2.03. The maximum Gasteiger partial charge on any atom is 0.352 e. The molecule has 1 fully saturated rings. The smallest absolute Gasteiger partial charge is 0.352 e. The molecule has 33 heavy (non-hydrogen) atoms. The number of hydrogen-bond donors (Lipinski definition) is 4. The van der Waals surface area contributed by atoms with Gasteiger partial charge >= 0.3 is 5.97 Å².